The first-order valence-electron chi connectivity index (χ1n) is 9.63. The summed E-state index contributed by atoms with van der Waals surface area (Å²) < 4.78 is 10.9. The number of hydrogen-bond acceptors (Lipinski definition) is 6. The van der Waals surface area contributed by atoms with E-state index in [1.807, 2.05) is 0 Å². The van der Waals surface area contributed by atoms with Crippen molar-refractivity contribution < 1.29 is 29.6 Å². The Morgan fingerprint density at radius 2 is 1.53 bits per heavy atom. The van der Waals surface area contributed by atoms with Crippen LogP contribution in [0.2, 0.25) is 0 Å². The Hall–Kier alpha value is -3.35. The lowest BCUT2D eigenvalue weighted by Gasteiger charge is -2.53. The van der Waals surface area contributed by atoms with E-state index in [1.54, 1.807) is 54.6 Å². The van der Waals surface area contributed by atoms with Gasteiger partial charge < -0.3 is 24.8 Å². The predicted octanol–water partition coefficient (Wildman–Crippen LogP) is 2.81. The van der Waals surface area contributed by atoms with Crippen LogP contribution in [-0.4, -0.2) is 28.4 Å². The lowest BCUT2D eigenvalue weighted by atomic mass is 9.54. The van der Waals surface area contributed by atoms with Crippen LogP contribution in [0, 0.1) is 5.92 Å². The van der Waals surface area contributed by atoms with Gasteiger partial charge in [-0.25, -0.2) is 0 Å². The van der Waals surface area contributed by atoms with Gasteiger partial charge in [0.25, 0.3) is 0 Å². The standard InChI is InChI=1S/C24H20O6/c1-29-20-8-4-5-9-21(20)30-22(26)19-13-23(27)15-6-2-3-7-16(15)24(19,28)17-11-10-14(25)12-18(17)23/h2-12,19,25,27-28H,13H2,1H3. The molecule has 0 fully saturated rings. The van der Waals surface area contributed by atoms with Crippen molar-refractivity contribution in [3.8, 4) is 17.2 Å². The van der Waals surface area contributed by atoms with Gasteiger partial charge >= 0.3 is 5.97 Å². The second-order valence-electron chi connectivity index (χ2n) is 7.73. The summed E-state index contributed by atoms with van der Waals surface area (Å²) >= 11 is 0. The van der Waals surface area contributed by atoms with E-state index in [0.717, 1.165) is 0 Å². The van der Waals surface area contributed by atoms with Crippen LogP contribution < -0.4 is 9.47 Å². The Morgan fingerprint density at radius 3 is 2.27 bits per heavy atom. The third-order valence-electron chi connectivity index (χ3n) is 6.21. The Labute approximate surface area is 172 Å². The minimum absolute atomic E-state index is 0.0241. The molecule has 3 aliphatic rings. The highest BCUT2D eigenvalue weighted by Crippen LogP contribution is 2.60. The smallest absolute Gasteiger partial charge is 0.318 e. The molecule has 6 nitrogen and oxygen atoms in total. The Balaban J connectivity index is 1.66. The molecule has 30 heavy (non-hydrogen) atoms. The van der Waals surface area contributed by atoms with Gasteiger partial charge in [0.15, 0.2) is 11.5 Å². The topological polar surface area (TPSA) is 96.2 Å². The van der Waals surface area contributed by atoms with E-state index in [1.165, 1.54) is 19.2 Å². The van der Waals surface area contributed by atoms with Crippen molar-refractivity contribution in [3.63, 3.8) is 0 Å². The molecule has 0 saturated carbocycles. The number of carbonyl (C=O) groups excluding carboxylic acids is 1. The summed E-state index contributed by atoms with van der Waals surface area (Å²) in [5, 5.41) is 33.6. The van der Waals surface area contributed by atoms with Gasteiger partial charge in [-0.1, -0.05) is 42.5 Å². The fraction of sp³-hybridized carbons (Fsp3) is 0.208. The summed E-state index contributed by atoms with van der Waals surface area (Å²) in [5.74, 6) is -1.12. The van der Waals surface area contributed by atoms with Crippen LogP contribution in [0.5, 0.6) is 17.2 Å². The van der Waals surface area contributed by atoms with E-state index in [0.29, 0.717) is 28.0 Å². The molecular weight excluding hydrogens is 384 g/mol. The number of fused-ring (bicyclic) bond motifs is 1. The number of phenolic OH excluding ortho intramolecular Hbond substituents is 1. The monoisotopic (exact) mass is 404 g/mol. The maximum absolute atomic E-state index is 13.3. The van der Waals surface area contributed by atoms with Gasteiger partial charge in [0, 0.05) is 6.42 Å². The summed E-state index contributed by atoms with van der Waals surface area (Å²) in [6.45, 7) is 0. The average Bonchev–Trinajstić information content (AvgIpc) is 2.76. The molecule has 3 aliphatic carbocycles. The number of rotatable bonds is 3. The molecule has 0 saturated heterocycles. The fourth-order valence-electron chi connectivity index (χ4n) is 4.85. The zero-order valence-electron chi connectivity index (χ0n) is 16.2. The molecule has 3 unspecified atom stereocenters. The number of phenols is 1. The predicted molar refractivity (Wildman–Crippen MR) is 107 cm³/mol. The van der Waals surface area contributed by atoms with Crippen molar-refractivity contribution in [2.45, 2.75) is 17.6 Å². The minimum Gasteiger partial charge on any atom is -0.508 e. The van der Waals surface area contributed by atoms with Gasteiger partial charge in [-0.3, -0.25) is 4.79 Å². The molecule has 152 valence electrons. The first-order valence-corrected chi connectivity index (χ1v) is 9.63. The molecule has 0 spiro atoms. The average molecular weight is 404 g/mol. The normalized spacial score (nSPS) is 25.9. The number of esters is 1. The number of hydrogen-bond donors (Lipinski definition) is 3. The maximum atomic E-state index is 13.3. The van der Waals surface area contributed by atoms with Crippen LogP contribution in [0.25, 0.3) is 0 Å². The molecule has 3 atom stereocenters. The quantitative estimate of drug-likeness (QED) is 0.459. The summed E-state index contributed by atoms with van der Waals surface area (Å²) in [5.41, 5.74) is -1.49. The molecular formula is C24H20O6. The van der Waals surface area contributed by atoms with Crippen LogP contribution in [0.4, 0.5) is 0 Å². The highest BCUT2D eigenvalue weighted by Gasteiger charge is 2.62. The summed E-state index contributed by atoms with van der Waals surface area (Å²) in [6, 6.07) is 18.1. The van der Waals surface area contributed by atoms with Crippen molar-refractivity contribution in [2.24, 2.45) is 5.92 Å². The van der Waals surface area contributed by atoms with Crippen LogP contribution in [0.3, 0.4) is 0 Å². The van der Waals surface area contributed by atoms with Gasteiger partial charge in [-0.05, 0) is 46.5 Å². The lowest BCUT2D eigenvalue weighted by molar-refractivity contribution is -0.157. The molecule has 3 N–H and O–H groups in total. The van der Waals surface area contributed by atoms with Crippen LogP contribution >= 0.6 is 0 Å². The van der Waals surface area contributed by atoms with Crippen LogP contribution in [0.15, 0.2) is 66.7 Å². The van der Waals surface area contributed by atoms with Gasteiger partial charge in [-0.15, -0.1) is 0 Å². The number of carbonyl (C=O) groups is 1. The van der Waals surface area contributed by atoms with Crippen molar-refractivity contribution in [1.29, 1.82) is 0 Å². The number of ether oxygens (including phenoxy) is 2. The molecule has 0 aromatic heterocycles. The lowest BCUT2D eigenvalue weighted by Crippen LogP contribution is -2.57. The summed E-state index contributed by atoms with van der Waals surface area (Å²) in [6.07, 6.45) is -0.0784. The maximum Gasteiger partial charge on any atom is 0.318 e. The molecule has 6 rings (SSSR count). The number of aliphatic hydroxyl groups is 2. The Morgan fingerprint density at radius 1 is 0.900 bits per heavy atom. The zero-order valence-corrected chi connectivity index (χ0v) is 16.2. The molecule has 0 amide bonds. The highest BCUT2D eigenvalue weighted by molar-refractivity contribution is 5.81. The van der Waals surface area contributed by atoms with Gasteiger partial charge in [0.2, 0.25) is 0 Å². The zero-order chi connectivity index (χ0) is 21.1. The summed E-state index contributed by atoms with van der Waals surface area (Å²) in [4.78, 5) is 13.3. The largest absolute Gasteiger partial charge is 0.508 e. The number of benzene rings is 3. The summed E-state index contributed by atoms with van der Waals surface area (Å²) in [7, 11) is 1.48. The Kier molecular flexibility index (Phi) is 3.93. The third-order valence-corrected chi connectivity index (χ3v) is 6.21. The Bertz CT molecular complexity index is 1170. The van der Waals surface area contributed by atoms with Gasteiger partial charge in [0.05, 0.1) is 13.0 Å². The van der Waals surface area contributed by atoms with E-state index in [-0.39, 0.29) is 17.9 Å². The molecule has 0 aliphatic heterocycles. The number of para-hydroxylation sites is 2. The fourth-order valence-corrected chi connectivity index (χ4v) is 4.85. The van der Waals surface area contributed by atoms with Crippen molar-refractivity contribution in [1.82, 2.24) is 0 Å². The van der Waals surface area contributed by atoms with E-state index >= 15 is 0 Å². The van der Waals surface area contributed by atoms with Crippen molar-refractivity contribution in [3.05, 3.63) is 89.0 Å². The molecule has 0 heterocycles. The van der Waals surface area contributed by atoms with E-state index in [4.69, 9.17) is 9.47 Å². The molecule has 3 aromatic carbocycles. The number of methoxy groups -OCH3 is 1. The molecule has 0 radical (unpaired) electrons. The molecule has 2 bridgehead atoms. The first-order chi connectivity index (χ1) is 14.4. The highest BCUT2D eigenvalue weighted by atomic mass is 16.6. The molecule has 3 aromatic rings. The SMILES string of the molecule is COc1ccccc1OC(=O)C1CC2(O)c3ccccc3C1(O)c1ccc(O)cc12. The van der Waals surface area contributed by atoms with Gasteiger partial charge in [0.1, 0.15) is 17.0 Å². The minimum atomic E-state index is -1.71. The first kappa shape index (κ1) is 18.7. The second-order valence-corrected chi connectivity index (χ2v) is 7.73. The third kappa shape index (κ3) is 2.35. The van der Waals surface area contributed by atoms with E-state index in [9.17, 15) is 20.1 Å². The van der Waals surface area contributed by atoms with Gasteiger partial charge in [-0.2, -0.15) is 0 Å². The number of aromatic hydroxyl groups is 1. The van der Waals surface area contributed by atoms with Crippen molar-refractivity contribution in [2.75, 3.05) is 7.11 Å². The molecule has 6 heteroatoms. The van der Waals surface area contributed by atoms with E-state index in [2.05, 4.69) is 0 Å². The van der Waals surface area contributed by atoms with Crippen LogP contribution in [0.1, 0.15) is 28.7 Å². The van der Waals surface area contributed by atoms with Crippen molar-refractivity contribution >= 4 is 5.97 Å². The second kappa shape index (κ2) is 6.32. The van der Waals surface area contributed by atoms with Crippen LogP contribution in [-0.2, 0) is 16.0 Å². The van der Waals surface area contributed by atoms with E-state index < -0.39 is 23.1 Å².